The summed E-state index contributed by atoms with van der Waals surface area (Å²) < 4.78 is 3.10. The normalized spacial score (nSPS) is 15.1. The minimum Gasteiger partial charge on any atom is -0.348 e. The average molecular weight is 364 g/mol. The molecular formula is C21H24N4O2. The molecule has 1 amide bonds. The van der Waals surface area contributed by atoms with Gasteiger partial charge in [-0.15, -0.1) is 0 Å². The van der Waals surface area contributed by atoms with Crippen molar-refractivity contribution in [3.8, 4) is 0 Å². The summed E-state index contributed by atoms with van der Waals surface area (Å²) in [5, 5.41) is 8.11. The molecule has 1 fully saturated rings. The van der Waals surface area contributed by atoms with E-state index in [1.807, 2.05) is 55.9 Å². The molecule has 1 atom stereocenters. The Labute approximate surface area is 157 Å². The number of hydrogen-bond acceptors (Lipinski definition) is 3. The van der Waals surface area contributed by atoms with Gasteiger partial charge in [-0.25, -0.2) is 4.68 Å². The lowest BCUT2D eigenvalue weighted by Crippen LogP contribution is -2.35. The Kier molecular flexibility index (Phi) is 4.34. The van der Waals surface area contributed by atoms with Gasteiger partial charge >= 0.3 is 0 Å². The van der Waals surface area contributed by atoms with Crippen molar-refractivity contribution in [3.05, 3.63) is 63.7 Å². The van der Waals surface area contributed by atoms with Crippen LogP contribution in [-0.4, -0.2) is 20.3 Å². The number of rotatable bonds is 5. The third-order valence-electron chi connectivity index (χ3n) is 5.28. The summed E-state index contributed by atoms with van der Waals surface area (Å²) in [7, 11) is 1.87. The zero-order chi connectivity index (χ0) is 19.1. The first-order valence-corrected chi connectivity index (χ1v) is 9.35. The summed E-state index contributed by atoms with van der Waals surface area (Å²) in [5.74, 6) is 0.318. The van der Waals surface area contributed by atoms with Crippen molar-refractivity contribution < 1.29 is 4.79 Å². The Bertz CT molecular complexity index is 1060. The van der Waals surface area contributed by atoms with E-state index in [-0.39, 0.29) is 24.1 Å². The lowest BCUT2D eigenvalue weighted by molar-refractivity contribution is -0.122. The molecule has 1 aromatic carbocycles. The van der Waals surface area contributed by atoms with Gasteiger partial charge in [0.2, 0.25) is 5.91 Å². The van der Waals surface area contributed by atoms with Gasteiger partial charge in [-0.05, 0) is 43.7 Å². The minimum atomic E-state index is -0.228. The molecule has 140 valence electrons. The van der Waals surface area contributed by atoms with E-state index in [0.29, 0.717) is 11.4 Å². The topological polar surface area (TPSA) is 68.9 Å². The maximum atomic E-state index is 12.8. The first-order chi connectivity index (χ1) is 12.9. The smallest absolute Gasteiger partial charge is 0.291 e. The Morgan fingerprint density at radius 2 is 2.00 bits per heavy atom. The monoisotopic (exact) mass is 364 g/mol. The van der Waals surface area contributed by atoms with Crippen LogP contribution >= 0.6 is 0 Å². The molecule has 1 saturated carbocycles. The van der Waals surface area contributed by atoms with Crippen molar-refractivity contribution in [1.29, 1.82) is 0 Å². The highest BCUT2D eigenvalue weighted by Gasteiger charge is 2.28. The maximum absolute atomic E-state index is 12.8. The van der Waals surface area contributed by atoms with E-state index >= 15 is 0 Å². The first-order valence-electron chi connectivity index (χ1n) is 9.35. The highest BCUT2D eigenvalue weighted by molar-refractivity contribution is 5.83. The molecule has 0 unspecified atom stereocenters. The number of nitrogens with zero attached hydrogens (tertiary/aromatic N) is 3. The van der Waals surface area contributed by atoms with Crippen molar-refractivity contribution in [2.45, 2.75) is 45.2 Å². The second-order valence-electron chi connectivity index (χ2n) is 7.54. The Hall–Kier alpha value is -2.89. The second-order valence-corrected chi connectivity index (χ2v) is 7.54. The predicted molar refractivity (Wildman–Crippen MR) is 105 cm³/mol. The Morgan fingerprint density at radius 1 is 1.30 bits per heavy atom. The fraction of sp³-hybridized carbons (Fsp3) is 0.381. The molecule has 1 N–H and O–H groups in total. The summed E-state index contributed by atoms with van der Waals surface area (Å²) in [6.45, 7) is 3.87. The van der Waals surface area contributed by atoms with Gasteiger partial charge in [-0.2, -0.15) is 5.10 Å². The van der Waals surface area contributed by atoms with Gasteiger partial charge in [0.25, 0.3) is 5.56 Å². The van der Waals surface area contributed by atoms with Crippen LogP contribution in [0.15, 0.2) is 41.5 Å². The van der Waals surface area contributed by atoms with Gasteiger partial charge in [0.15, 0.2) is 0 Å². The number of nitrogens with one attached hydrogen (secondary N) is 1. The van der Waals surface area contributed by atoms with E-state index in [4.69, 9.17) is 0 Å². The first kappa shape index (κ1) is 17.5. The van der Waals surface area contributed by atoms with E-state index < -0.39 is 0 Å². The molecule has 1 aliphatic rings. The molecule has 6 nitrogen and oxygen atoms in total. The van der Waals surface area contributed by atoms with Crippen LogP contribution in [0.5, 0.6) is 0 Å². The number of carbonyl (C=O) groups is 1. The van der Waals surface area contributed by atoms with Crippen LogP contribution in [0.3, 0.4) is 0 Å². The summed E-state index contributed by atoms with van der Waals surface area (Å²) in [5.41, 5.74) is 3.80. The van der Waals surface area contributed by atoms with E-state index in [1.54, 1.807) is 6.20 Å². The van der Waals surface area contributed by atoms with Crippen LogP contribution in [0.4, 0.5) is 0 Å². The fourth-order valence-electron chi connectivity index (χ4n) is 3.57. The highest BCUT2D eigenvalue weighted by atomic mass is 16.2. The summed E-state index contributed by atoms with van der Waals surface area (Å²) >= 11 is 0. The zero-order valence-corrected chi connectivity index (χ0v) is 15.9. The number of hydrogen-bond donors (Lipinski definition) is 1. The summed E-state index contributed by atoms with van der Waals surface area (Å²) in [4.78, 5) is 25.3. The van der Waals surface area contributed by atoms with Crippen LogP contribution in [0, 0.1) is 6.92 Å². The van der Waals surface area contributed by atoms with Gasteiger partial charge in [-0.1, -0.05) is 29.8 Å². The standard InChI is InChI=1S/C21H24N4O2/c1-13-4-6-15(7-5-13)14(2)23-19(26)12-25-21(27)20-17(10-22-25)18(11-24(20)3)16-8-9-16/h4-7,10-11,14,16H,8-9,12H2,1-3H3,(H,23,26)/t14-/m0/s1. The third kappa shape index (κ3) is 3.39. The van der Waals surface area contributed by atoms with Crippen LogP contribution < -0.4 is 10.9 Å². The van der Waals surface area contributed by atoms with Crippen molar-refractivity contribution in [1.82, 2.24) is 19.7 Å². The molecule has 0 saturated heterocycles. The quantitative estimate of drug-likeness (QED) is 0.757. The number of aryl methyl sites for hydroxylation is 2. The van der Waals surface area contributed by atoms with Crippen molar-refractivity contribution in [3.63, 3.8) is 0 Å². The molecule has 1 aliphatic carbocycles. The van der Waals surface area contributed by atoms with E-state index in [2.05, 4.69) is 10.4 Å². The van der Waals surface area contributed by atoms with E-state index in [0.717, 1.165) is 10.9 Å². The van der Waals surface area contributed by atoms with Crippen LogP contribution in [-0.2, 0) is 18.4 Å². The van der Waals surface area contributed by atoms with Gasteiger partial charge in [0.1, 0.15) is 12.1 Å². The molecule has 2 heterocycles. The molecule has 0 spiro atoms. The number of amides is 1. The van der Waals surface area contributed by atoms with Crippen molar-refractivity contribution in [2.75, 3.05) is 0 Å². The lowest BCUT2D eigenvalue weighted by Gasteiger charge is -2.15. The van der Waals surface area contributed by atoms with Gasteiger partial charge in [0, 0.05) is 18.6 Å². The molecular weight excluding hydrogens is 340 g/mol. The number of aromatic nitrogens is 3. The summed E-state index contributed by atoms with van der Waals surface area (Å²) in [6, 6.07) is 7.91. The third-order valence-corrected chi connectivity index (χ3v) is 5.28. The molecule has 6 heteroatoms. The molecule has 27 heavy (non-hydrogen) atoms. The van der Waals surface area contributed by atoms with Crippen LogP contribution in [0.1, 0.15) is 48.4 Å². The molecule has 0 aliphatic heterocycles. The average Bonchev–Trinajstić information content (AvgIpc) is 3.41. The maximum Gasteiger partial charge on any atom is 0.291 e. The molecule has 0 radical (unpaired) electrons. The van der Waals surface area contributed by atoms with E-state index in [1.165, 1.54) is 28.7 Å². The highest BCUT2D eigenvalue weighted by Crippen LogP contribution is 2.43. The van der Waals surface area contributed by atoms with Gasteiger partial charge < -0.3 is 9.88 Å². The van der Waals surface area contributed by atoms with Crippen LogP contribution in [0.2, 0.25) is 0 Å². The van der Waals surface area contributed by atoms with Crippen molar-refractivity contribution >= 4 is 16.8 Å². The number of benzene rings is 1. The molecule has 0 bridgehead atoms. The fourth-order valence-corrected chi connectivity index (χ4v) is 3.57. The van der Waals surface area contributed by atoms with Crippen molar-refractivity contribution in [2.24, 2.45) is 7.05 Å². The Morgan fingerprint density at radius 3 is 2.67 bits per heavy atom. The summed E-state index contributed by atoms with van der Waals surface area (Å²) in [6.07, 6.45) is 6.08. The molecule has 2 aromatic heterocycles. The molecule has 4 rings (SSSR count). The number of carbonyl (C=O) groups excluding carboxylic acids is 1. The largest absolute Gasteiger partial charge is 0.348 e. The zero-order valence-electron chi connectivity index (χ0n) is 15.9. The predicted octanol–water partition coefficient (Wildman–Crippen LogP) is 2.80. The Balaban J connectivity index is 1.53. The van der Waals surface area contributed by atoms with E-state index in [9.17, 15) is 9.59 Å². The SMILES string of the molecule is Cc1ccc([C@H](C)NC(=O)Cn2ncc3c(C4CC4)cn(C)c3c2=O)cc1. The van der Waals surface area contributed by atoms with Gasteiger partial charge in [0.05, 0.1) is 12.2 Å². The molecule has 3 aromatic rings. The minimum absolute atomic E-state index is 0.0884. The van der Waals surface area contributed by atoms with Crippen LogP contribution in [0.25, 0.3) is 10.9 Å². The lowest BCUT2D eigenvalue weighted by atomic mass is 10.1. The van der Waals surface area contributed by atoms with Gasteiger partial charge in [-0.3, -0.25) is 9.59 Å². The number of fused-ring (bicyclic) bond motifs is 1. The second kappa shape index (κ2) is 6.68.